The van der Waals surface area contributed by atoms with Gasteiger partial charge in [-0.15, -0.1) is 6.58 Å². The Labute approximate surface area is 104 Å². The predicted octanol–water partition coefficient (Wildman–Crippen LogP) is 1.15. The van der Waals surface area contributed by atoms with Gasteiger partial charge in [0.15, 0.2) is 0 Å². The number of hydrogen-bond donors (Lipinski definition) is 2. The highest BCUT2D eigenvalue weighted by molar-refractivity contribution is 5.96. The highest BCUT2D eigenvalue weighted by atomic mass is 16.2. The maximum atomic E-state index is 12.1. The van der Waals surface area contributed by atoms with Crippen molar-refractivity contribution in [1.82, 2.24) is 15.3 Å². The second-order valence-corrected chi connectivity index (χ2v) is 3.88. The molecule has 0 atom stereocenters. The van der Waals surface area contributed by atoms with Crippen molar-refractivity contribution in [3.05, 3.63) is 52.5 Å². The summed E-state index contributed by atoms with van der Waals surface area (Å²) in [4.78, 5) is 30.9. The van der Waals surface area contributed by atoms with Gasteiger partial charge in [-0.05, 0) is 19.1 Å². The van der Waals surface area contributed by atoms with Crippen LogP contribution in [-0.4, -0.2) is 22.4 Å². The Balaban J connectivity index is 2.51. The van der Waals surface area contributed by atoms with E-state index in [1.165, 1.54) is 6.20 Å². The van der Waals surface area contributed by atoms with Gasteiger partial charge in [0.05, 0.1) is 5.39 Å². The molecular formula is C13H13N3O2. The van der Waals surface area contributed by atoms with Crippen LogP contribution in [0.1, 0.15) is 16.1 Å². The molecule has 2 heterocycles. The first-order valence-electron chi connectivity index (χ1n) is 5.51. The summed E-state index contributed by atoms with van der Waals surface area (Å²) in [5, 5.41) is 2.98. The number of amides is 1. The van der Waals surface area contributed by atoms with Gasteiger partial charge in [0.1, 0.15) is 11.2 Å². The minimum atomic E-state index is -0.418. The number of rotatable bonds is 3. The van der Waals surface area contributed by atoms with Gasteiger partial charge < -0.3 is 10.3 Å². The molecule has 0 aliphatic heterocycles. The molecule has 2 aromatic rings. The number of fused-ring (bicyclic) bond motifs is 1. The van der Waals surface area contributed by atoms with Crippen molar-refractivity contribution < 1.29 is 4.79 Å². The number of aryl methyl sites for hydroxylation is 1. The third kappa shape index (κ3) is 2.15. The molecule has 0 saturated heterocycles. The number of H-pyrrole nitrogens is 1. The molecule has 0 aliphatic rings. The van der Waals surface area contributed by atoms with E-state index in [9.17, 15) is 9.59 Å². The second kappa shape index (κ2) is 4.83. The van der Waals surface area contributed by atoms with E-state index in [1.54, 1.807) is 18.2 Å². The van der Waals surface area contributed by atoms with Crippen molar-refractivity contribution in [2.24, 2.45) is 0 Å². The average molecular weight is 243 g/mol. The van der Waals surface area contributed by atoms with Crippen molar-refractivity contribution in [1.29, 1.82) is 0 Å². The molecule has 0 radical (unpaired) electrons. The van der Waals surface area contributed by atoms with E-state index in [2.05, 4.69) is 21.9 Å². The van der Waals surface area contributed by atoms with Crippen LogP contribution in [0.15, 0.2) is 35.8 Å². The van der Waals surface area contributed by atoms with Crippen LogP contribution in [0, 0.1) is 6.92 Å². The molecule has 0 saturated carbocycles. The lowest BCUT2D eigenvalue weighted by atomic mass is 10.2. The number of aromatic amines is 1. The third-order valence-corrected chi connectivity index (χ3v) is 2.53. The molecule has 1 amide bonds. The molecule has 2 aromatic heterocycles. The zero-order valence-corrected chi connectivity index (χ0v) is 9.99. The predicted molar refractivity (Wildman–Crippen MR) is 69.6 cm³/mol. The van der Waals surface area contributed by atoms with Gasteiger partial charge in [0.25, 0.3) is 5.91 Å². The molecule has 0 bridgehead atoms. The molecule has 2 N–H and O–H groups in total. The Morgan fingerprint density at radius 3 is 3.06 bits per heavy atom. The zero-order valence-electron chi connectivity index (χ0n) is 9.99. The molecule has 5 nitrogen and oxygen atoms in total. The van der Waals surface area contributed by atoms with Crippen LogP contribution in [-0.2, 0) is 0 Å². The van der Waals surface area contributed by atoms with E-state index in [0.29, 0.717) is 17.6 Å². The highest BCUT2D eigenvalue weighted by Crippen LogP contribution is 2.06. The number of nitrogens with one attached hydrogen (secondary N) is 2. The van der Waals surface area contributed by atoms with Gasteiger partial charge in [-0.25, -0.2) is 4.98 Å². The molecule has 0 fully saturated rings. The zero-order chi connectivity index (χ0) is 13.1. The topological polar surface area (TPSA) is 74.8 Å². The molecule has 92 valence electrons. The van der Waals surface area contributed by atoms with E-state index < -0.39 is 5.91 Å². The van der Waals surface area contributed by atoms with Gasteiger partial charge in [0.2, 0.25) is 5.43 Å². The number of carbonyl (C=O) groups is 1. The molecule has 0 aliphatic carbocycles. The van der Waals surface area contributed by atoms with Crippen LogP contribution in [0.3, 0.4) is 0 Å². The smallest absolute Gasteiger partial charge is 0.257 e. The molecule has 0 unspecified atom stereocenters. The Bertz CT molecular complexity index is 673. The summed E-state index contributed by atoms with van der Waals surface area (Å²) in [6.07, 6.45) is 2.94. The van der Waals surface area contributed by atoms with Crippen LogP contribution in [0.2, 0.25) is 0 Å². The van der Waals surface area contributed by atoms with Crippen molar-refractivity contribution in [3.63, 3.8) is 0 Å². The van der Waals surface area contributed by atoms with Crippen LogP contribution < -0.4 is 10.7 Å². The Kier molecular flexibility index (Phi) is 3.23. The third-order valence-electron chi connectivity index (χ3n) is 2.53. The Morgan fingerprint density at radius 2 is 2.33 bits per heavy atom. The molecule has 2 rings (SSSR count). The summed E-state index contributed by atoms with van der Waals surface area (Å²) in [6.45, 7) is 5.66. The maximum Gasteiger partial charge on any atom is 0.257 e. The fourth-order valence-electron chi connectivity index (χ4n) is 1.63. The lowest BCUT2D eigenvalue weighted by molar-refractivity contribution is 0.0957. The number of aromatic nitrogens is 2. The standard InChI is InChI=1S/C13H13N3O2/c1-3-6-14-13(18)10-7-15-12-9(11(10)17)5-4-8(2)16-12/h3-5,7H,1,6H2,2H3,(H,14,18)(H,15,16,17). The summed E-state index contributed by atoms with van der Waals surface area (Å²) < 4.78 is 0. The SMILES string of the molecule is C=CCNC(=O)c1c[nH]c2nc(C)ccc2c1=O. The number of nitrogens with zero attached hydrogens (tertiary/aromatic N) is 1. The first-order chi connectivity index (χ1) is 8.63. The van der Waals surface area contributed by atoms with Crippen LogP contribution in [0.4, 0.5) is 0 Å². The monoisotopic (exact) mass is 243 g/mol. The van der Waals surface area contributed by atoms with Crippen molar-refractivity contribution >= 4 is 16.9 Å². The highest BCUT2D eigenvalue weighted by Gasteiger charge is 2.12. The largest absolute Gasteiger partial charge is 0.348 e. The quantitative estimate of drug-likeness (QED) is 0.794. The van der Waals surface area contributed by atoms with E-state index >= 15 is 0 Å². The van der Waals surface area contributed by atoms with E-state index in [-0.39, 0.29) is 11.0 Å². The number of carbonyl (C=O) groups excluding carboxylic acids is 1. The lowest BCUT2D eigenvalue weighted by Gasteiger charge is -2.03. The Hall–Kier alpha value is -2.43. The van der Waals surface area contributed by atoms with Crippen LogP contribution >= 0.6 is 0 Å². The van der Waals surface area contributed by atoms with E-state index in [4.69, 9.17) is 0 Å². The van der Waals surface area contributed by atoms with Gasteiger partial charge in [0, 0.05) is 18.4 Å². The summed E-state index contributed by atoms with van der Waals surface area (Å²) >= 11 is 0. The fraction of sp³-hybridized carbons (Fsp3) is 0.154. The van der Waals surface area contributed by atoms with Crippen molar-refractivity contribution in [3.8, 4) is 0 Å². The van der Waals surface area contributed by atoms with Gasteiger partial charge >= 0.3 is 0 Å². The van der Waals surface area contributed by atoms with E-state index in [1.807, 2.05) is 6.92 Å². The first-order valence-corrected chi connectivity index (χ1v) is 5.51. The maximum absolute atomic E-state index is 12.1. The number of pyridine rings is 2. The number of hydrogen-bond acceptors (Lipinski definition) is 3. The van der Waals surface area contributed by atoms with Crippen molar-refractivity contribution in [2.45, 2.75) is 6.92 Å². The summed E-state index contributed by atoms with van der Waals surface area (Å²) in [6, 6.07) is 3.41. The molecular weight excluding hydrogens is 230 g/mol. The summed E-state index contributed by atoms with van der Waals surface area (Å²) in [5.41, 5.74) is 1.05. The normalized spacial score (nSPS) is 10.3. The summed E-state index contributed by atoms with van der Waals surface area (Å²) in [5.74, 6) is -0.418. The first kappa shape index (κ1) is 12.0. The molecule has 0 spiro atoms. The Morgan fingerprint density at radius 1 is 1.56 bits per heavy atom. The summed E-state index contributed by atoms with van der Waals surface area (Å²) in [7, 11) is 0. The average Bonchev–Trinajstić information content (AvgIpc) is 2.36. The molecule has 5 heteroatoms. The fourth-order valence-corrected chi connectivity index (χ4v) is 1.63. The van der Waals surface area contributed by atoms with Gasteiger partial charge in [-0.1, -0.05) is 6.08 Å². The second-order valence-electron chi connectivity index (χ2n) is 3.88. The molecule has 18 heavy (non-hydrogen) atoms. The lowest BCUT2D eigenvalue weighted by Crippen LogP contribution is -2.29. The van der Waals surface area contributed by atoms with E-state index in [0.717, 1.165) is 5.69 Å². The molecule has 0 aromatic carbocycles. The van der Waals surface area contributed by atoms with Gasteiger partial charge in [-0.3, -0.25) is 9.59 Å². The van der Waals surface area contributed by atoms with Crippen molar-refractivity contribution in [2.75, 3.05) is 6.54 Å². The minimum Gasteiger partial charge on any atom is -0.348 e. The minimum absolute atomic E-state index is 0.0787. The van der Waals surface area contributed by atoms with Gasteiger partial charge in [-0.2, -0.15) is 0 Å². The van der Waals surface area contributed by atoms with Crippen LogP contribution in [0.25, 0.3) is 11.0 Å². The van der Waals surface area contributed by atoms with Crippen LogP contribution in [0.5, 0.6) is 0 Å².